The smallest absolute Gasteiger partial charge is 0.257 e. The Bertz CT molecular complexity index is 355. The van der Waals surface area contributed by atoms with Crippen LogP contribution in [-0.4, -0.2) is 19.6 Å². The maximum absolute atomic E-state index is 10.9. The number of halogens is 1. The summed E-state index contributed by atoms with van der Waals surface area (Å²) >= 11 is 5.92. The Hall–Kier alpha value is -1.26. The highest BCUT2D eigenvalue weighted by Gasteiger charge is 2.03. The number of rotatable bonds is 4. The van der Waals surface area contributed by atoms with Gasteiger partial charge in [0.1, 0.15) is 5.75 Å². The van der Waals surface area contributed by atoms with Crippen molar-refractivity contribution in [2.75, 3.05) is 13.7 Å². The molecule has 0 aliphatic carbocycles. The van der Waals surface area contributed by atoms with E-state index in [-0.39, 0.29) is 12.5 Å². The van der Waals surface area contributed by atoms with E-state index in [9.17, 15) is 4.79 Å². The summed E-state index contributed by atoms with van der Waals surface area (Å²) in [6, 6.07) is 5.16. The predicted molar refractivity (Wildman–Crippen MR) is 58.9 cm³/mol. The Morgan fingerprint density at radius 2 is 2.33 bits per heavy atom. The minimum atomic E-state index is -0.186. The van der Waals surface area contributed by atoms with Gasteiger partial charge >= 0.3 is 0 Å². The number of hydrogen-bond donors (Lipinski definition) is 2. The molecule has 0 aromatic heterocycles. The Morgan fingerprint density at radius 1 is 1.60 bits per heavy atom. The highest BCUT2D eigenvalue weighted by molar-refractivity contribution is 6.31. The number of hydrogen-bond acceptors (Lipinski definition) is 3. The molecular weight excluding hydrogens is 216 g/mol. The van der Waals surface area contributed by atoms with Crippen LogP contribution in [0, 0.1) is 0 Å². The summed E-state index contributed by atoms with van der Waals surface area (Å²) in [6.45, 7) is 0.364. The molecule has 0 aliphatic heterocycles. The molecular formula is C10H13ClN2O2. The fourth-order valence-electron chi connectivity index (χ4n) is 1.00. The number of likely N-dealkylation sites (N-methyl/N-ethyl adjacent to an activating group) is 1. The monoisotopic (exact) mass is 228 g/mol. The second-order valence-electron chi connectivity index (χ2n) is 2.92. The third kappa shape index (κ3) is 3.42. The first kappa shape index (κ1) is 11.8. The van der Waals surface area contributed by atoms with E-state index < -0.39 is 0 Å². The van der Waals surface area contributed by atoms with Crippen LogP contribution in [-0.2, 0) is 11.3 Å². The number of carbonyl (C=O) groups is 1. The molecule has 0 atom stereocenters. The molecule has 0 heterocycles. The van der Waals surface area contributed by atoms with Crippen LogP contribution in [0.1, 0.15) is 5.56 Å². The van der Waals surface area contributed by atoms with Crippen molar-refractivity contribution < 1.29 is 9.53 Å². The zero-order valence-electron chi connectivity index (χ0n) is 8.42. The second kappa shape index (κ2) is 5.58. The van der Waals surface area contributed by atoms with Gasteiger partial charge in [-0.1, -0.05) is 17.7 Å². The van der Waals surface area contributed by atoms with Crippen molar-refractivity contribution in [3.63, 3.8) is 0 Å². The van der Waals surface area contributed by atoms with Gasteiger partial charge in [0.05, 0.1) is 0 Å². The topological polar surface area (TPSA) is 64.3 Å². The molecule has 0 radical (unpaired) electrons. The average Bonchev–Trinajstić information content (AvgIpc) is 2.26. The zero-order valence-corrected chi connectivity index (χ0v) is 9.17. The van der Waals surface area contributed by atoms with Crippen LogP contribution in [0.25, 0.3) is 0 Å². The molecule has 0 bridgehead atoms. The largest absolute Gasteiger partial charge is 0.484 e. The number of amides is 1. The number of benzene rings is 1. The summed E-state index contributed by atoms with van der Waals surface area (Å²) in [4.78, 5) is 10.9. The molecule has 0 saturated heterocycles. The van der Waals surface area contributed by atoms with Crippen molar-refractivity contribution >= 4 is 17.5 Å². The lowest BCUT2D eigenvalue weighted by molar-refractivity contribution is -0.122. The van der Waals surface area contributed by atoms with Gasteiger partial charge in [-0.2, -0.15) is 0 Å². The van der Waals surface area contributed by atoms with E-state index in [0.29, 0.717) is 17.3 Å². The first-order valence-corrected chi connectivity index (χ1v) is 4.87. The van der Waals surface area contributed by atoms with Gasteiger partial charge in [-0.05, 0) is 17.7 Å². The van der Waals surface area contributed by atoms with Crippen LogP contribution in [0.15, 0.2) is 18.2 Å². The fraction of sp³-hybridized carbons (Fsp3) is 0.300. The molecule has 0 fully saturated rings. The number of nitrogens with two attached hydrogens (primary N) is 1. The van der Waals surface area contributed by atoms with E-state index in [1.807, 2.05) is 0 Å². The third-order valence-electron chi connectivity index (χ3n) is 1.89. The number of nitrogens with one attached hydrogen (secondary N) is 1. The van der Waals surface area contributed by atoms with Crippen molar-refractivity contribution in [2.45, 2.75) is 6.54 Å². The molecule has 0 unspecified atom stereocenters. The van der Waals surface area contributed by atoms with Gasteiger partial charge in [-0.3, -0.25) is 4.79 Å². The molecule has 1 rings (SSSR count). The molecule has 3 N–H and O–H groups in total. The highest BCUT2D eigenvalue weighted by atomic mass is 35.5. The summed E-state index contributed by atoms with van der Waals surface area (Å²) in [6.07, 6.45) is 0. The van der Waals surface area contributed by atoms with E-state index in [1.165, 1.54) is 0 Å². The predicted octanol–water partition coefficient (Wildman–Crippen LogP) is 0.923. The lowest BCUT2D eigenvalue weighted by Gasteiger charge is -2.07. The van der Waals surface area contributed by atoms with Crippen molar-refractivity contribution in [3.05, 3.63) is 28.8 Å². The summed E-state index contributed by atoms with van der Waals surface area (Å²) in [5.74, 6) is 0.370. The Morgan fingerprint density at radius 3 is 2.87 bits per heavy atom. The molecule has 82 valence electrons. The van der Waals surface area contributed by atoms with Gasteiger partial charge in [0.25, 0.3) is 5.91 Å². The second-order valence-corrected chi connectivity index (χ2v) is 3.33. The zero-order chi connectivity index (χ0) is 11.3. The minimum absolute atomic E-state index is 0.0190. The molecule has 1 aromatic rings. The fourth-order valence-corrected chi connectivity index (χ4v) is 1.25. The summed E-state index contributed by atoms with van der Waals surface area (Å²) in [7, 11) is 1.55. The molecule has 0 saturated carbocycles. The van der Waals surface area contributed by atoms with Crippen molar-refractivity contribution in [1.29, 1.82) is 0 Å². The van der Waals surface area contributed by atoms with Crippen LogP contribution in [0.5, 0.6) is 5.75 Å². The maximum Gasteiger partial charge on any atom is 0.257 e. The average molecular weight is 229 g/mol. The number of ether oxygens (including phenoxy) is 1. The quantitative estimate of drug-likeness (QED) is 0.806. The summed E-state index contributed by atoms with van der Waals surface area (Å²) in [5, 5.41) is 3.00. The van der Waals surface area contributed by atoms with Crippen molar-refractivity contribution in [1.82, 2.24) is 5.32 Å². The molecule has 4 nitrogen and oxygen atoms in total. The third-order valence-corrected chi connectivity index (χ3v) is 2.25. The van der Waals surface area contributed by atoms with E-state index in [0.717, 1.165) is 5.56 Å². The van der Waals surface area contributed by atoms with Crippen LogP contribution in [0.3, 0.4) is 0 Å². The lowest BCUT2D eigenvalue weighted by atomic mass is 10.2. The van der Waals surface area contributed by atoms with Gasteiger partial charge in [-0.25, -0.2) is 0 Å². The van der Waals surface area contributed by atoms with E-state index in [1.54, 1.807) is 25.2 Å². The molecule has 5 heteroatoms. The normalized spacial score (nSPS) is 9.80. The Kier molecular flexibility index (Phi) is 4.39. The van der Waals surface area contributed by atoms with Gasteiger partial charge in [0.2, 0.25) is 0 Å². The van der Waals surface area contributed by atoms with Gasteiger partial charge in [-0.15, -0.1) is 0 Å². The molecule has 15 heavy (non-hydrogen) atoms. The Balaban J connectivity index is 2.63. The summed E-state index contributed by atoms with van der Waals surface area (Å²) < 4.78 is 5.20. The van der Waals surface area contributed by atoms with E-state index >= 15 is 0 Å². The summed E-state index contributed by atoms with van der Waals surface area (Å²) in [5.41, 5.74) is 6.31. The van der Waals surface area contributed by atoms with Gasteiger partial charge in [0, 0.05) is 18.6 Å². The van der Waals surface area contributed by atoms with Crippen LogP contribution >= 0.6 is 11.6 Å². The SMILES string of the molecule is CNC(=O)COc1ccc(CN)c(Cl)c1. The van der Waals surface area contributed by atoms with Gasteiger partial charge < -0.3 is 15.8 Å². The highest BCUT2D eigenvalue weighted by Crippen LogP contribution is 2.21. The maximum atomic E-state index is 10.9. The van der Waals surface area contributed by atoms with Gasteiger partial charge in [0.15, 0.2) is 6.61 Å². The van der Waals surface area contributed by atoms with E-state index in [2.05, 4.69) is 5.32 Å². The van der Waals surface area contributed by atoms with Crippen molar-refractivity contribution in [3.8, 4) is 5.75 Å². The molecule has 0 spiro atoms. The molecule has 0 aliphatic rings. The lowest BCUT2D eigenvalue weighted by Crippen LogP contribution is -2.24. The number of carbonyl (C=O) groups excluding carboxylic acids is 1. The standard InChI is InChI=1S/C10H13ClN2O2/c1-13-10(14)6-15-8-3-2-7(5-12)9(11)4-8/h2-4H,5-6,12H2,1H3,(H,13,14). The van der Waals surface area contributed by atoms with Crippen LogP contribution in [0.4, 0.5) is 0 Å². The first-order valence-electron chi connectivity index (χ1n) is 4.49. The Labute approximate surface area is 93.4 Å². The van der Waals surface area contributed by atoms with Crippen molar-refractivity contribution in [2.24, 2.45) is 5.73 Å². The van der Waals surface area contributed by atoms with Crippen LogP contribution in [0.2, 0.25) is 5.02 Å². The minimum Gasteiger partial charge on any atom is -0.484 e. The van der Waals surface area contributed by atoms with E-state index in [4.69, 9.17) is 22.1 Å². The molecule has 1 aromatic carbocycles. The molecule has 1 amide bonds. The van der Waals surface area contributed by atoms with Crippen LogP contribution < -0.4 is 15.8 Å². The first-order chi connectivity index (χ1) is 7.17.